The molecule has 1 aliphatic rings. The van der Waals surface area contributed by atoms with E-state index in [9.17, 15) is 19.2 Å². The molecular formula is C18H23N5O4. The molecule has 1 saturated carbocycles. The molecule has 2 N–H and O–H groups in total. The van der Waals surface area contributed by atoms with Crippen molar-refractivity contribution >= 4 is 28.5 Å². The third kappa shape index (κ3) is 3.91. The maximum Gasteiger partial charge on any atom is 0.332 e. The number of nitrogens with one attached hydrogen (secondary N) is 2. The number of carbonyl (C=O) groups excluding carboxylic acids is 2. The minimum atomic E-state index is -0.472. The maximum absolute atomic E-state index is 12.3. The van der Waals surface area contributed by atoms with Crippen molar-refractivity contribution in [1.29, 1.82) is 0 Å². The lowest BCUT2D eigenvalue weighted by Gasteiger charge is -2.11. The molecule has 0 unspecified atom stereocenters. The van der Waals surface area contributed by atoms with Crippen LogP contribution in [0.3, 0.4) is 0 Å². The number of anilines is 1. The first-order chi connectivity index (χ1) is 12.9. The predicted molar refractivity (Wildman–Crippen MR) is 100 cm³/mol. The van der Waals surface area contributed by atoms with Crippen LogP contribution in [0.5, 0.6) is 0 Å². The summed E-state index contributed by atoms with van der Waals surface area (Å²) in [5.74, 6) is -0.206. The maximum atomic E-state index is 12.3. The molecule has 0 aromatic carbocycles. The molecule has 0 saturated heterocycles. The van der Waals surface area contributed by atoms with Gasteiger partial charge in [0.05, 0.1) is 17.3 Å². The Hall–Kier alpha value is -2.97. The summed E-state index contributed by atoms with van der Waals surface area (Å²) >= 11 is 0. The van der Waals surface area contributed by atoms with Crippen molar-refractivity contribution in [3.05, 3.63) is 33.1 Å². The van der Waals surface area contributed by atoms with Gasteiger partial charge in [0.2, 0.25) is 11.8 Å². The number of fused-ring (bicyclic) bond motifs is 1. The Bertz CT molecular complexity index is 1000. The lowest BCUT2D eigenvalue weighted by molar-refractivity contribution is -0.124. The summed E-state index contributed by atoms with van der Waals surface area (Å²) in [6.45, 7) is 0.262. The van der Waals surface area contributed by atoms with Crippen LogP contribution in [0, 0.1) is 5.92 Å². The number of aryl methyl sites for hydroxylation is 1. The van der Waals surface area contributed by atoms with E-state index >= 15 is 0 Å². The van der Waals surface area contributed by atoms with Gasteiger partial charge in [-0.3, -0.25) is 23.5 Å². The highest BCUT2D eigenvalue weighted by molar-refractivity contribution is 5.93. The largest absolute Gasteiger partial charge is 0.355 e. The van der Waals surface area contributed by atoms with E-state index in [0.717, 1.165) is 30.3 Å². The minimum Gasteiger partial charge on any atom is -0.355 e. The van der Waals surface area contributed by atoms with Crippen LogP contribution in [0.15, 0.2) is 21.9 Å². The topological polar surface area (TPSA) is 115 Å². The minimum absolute atomic E-state index is 0.0112. The molecule has 0 atom stereocenters. The van der Waals surface area contributed by atoms with Crippen LogP contribution in [-0.2, 0) is 23.7 Å². The third-order valence-corrected chi connectivity index (χ3v) is 4.95. The molecule has 27 heavy (non-hydrogen) atoms. The monoisotopic (exact) mass is 373 g/mol. The number of rotatable bonds is 5. The summed E-state index contributed by atoms with van der Waals surface area (Å²) in [6, 6.07) is 1.50. The Balaban J connectivity index is 1.64. The fourth-order valence-corrected chi connectivity index (χ4v) is 3.39. The smallest absolute Gasteiger partial charge is 0.332 e. The van der Waals surface area contributed by atoms with Gasteiger partial charge in [-0.05, 0) is 18.9 Å². The Morgan fingerprint density at radius 3 is 2.59 bits per heavy atom. The van der Waals surface area contributed by atoms with Crippen molar-refractivity contribution in [2.24, 2.45) is 20.0 Å². The molecule has 2 aromatic heterocycles. The number of aromatic nitrogens is 3. The van der Waals surface area contributed by atoms with E-state index in [0.29, 0.717) is 5.69 Å². The van der Waals surface area contributed by atoms with Gasteiger partial charge >= 0.3 is 5.69 Å². The Labute approximate surface area is 155 Å². The van der Waals surface area contributed by atoms with Crippen molar-refractivity contribution in [3.63, 3.8) is 0 Å². The van der Waals surface area contributed by atoms with Crippen molar-refractivity contribution in [3.8, 4) is 0 Å². The summed E-state index contributed by atoms with van der Waals surface area (Å²) in [5.41, 5.74) is -0.314. The van der Waals surface area contributed by atoms with Crippen LogP contribution in [0.2, 0.25) is 0 Å². The van der Waals surface area contributed by atoms with E-state index < -0.39 is 11.2 Å². The van der Waals surface area contributed by atoms with Gasteiger partial charge in [0.25, 0.3) is 5.56 Å². The second-order valence-corrected chi connectivity index (χ2v) is 6.87. The highest BCUT2D eigenvalue weighted by atomic mass is 16.2. The van der Waals surface area contributed by atoms with Crippen LogP contribution in [0.1, 0.15) is 32.1 Å². The molecule has 144 valence electrons. The van der Waals surface area contributed by atoms with Crippen LogP contribution >= 0.6 is 0 Å². The van der Waals surface area contributed by atoms with Gasteiger partial charge < -0.3 is 10.6 Å². The van der Waals surface area contributed by atoms with Crippen molar-refractivity contribution < 1.29 is 9.59 Å². The summed E-state index contributed by atoms with van der Waals surface area (Å²) in [7, 11) is 2.92. The number of hydrogen-bond donors (Lipinski definition) is 2. The van der Waals surface area contributed by atoms with Crippen molar-refractivity contribution in [2.45, 2.75) is 32.1 Å². The van der Waals surface area contributed by atoms with E-state index in [1.54, 1.807) is 0 Å². The molecule has 3 rings (SSSR count). The van der Waals surface area contributed by atoms with E-state index in [1.807, 2.05) is 0 Å². The molecule has 2 aromatic rings. The molecule has 2 amide bonds. The zero-order valence-electron chi connectivity index (χ0n) is 15.4. The van der Waals surface area contributed by atoms with Crippen LogP contribution < -0.4 is 21.9 Å². The molecule has 0 spiro atoms. The number of hydrogen-bond acceptors (Lipinski definition) is 5. The van der Waals surface area contributed by atoms with E-state index in [2.05, 4.69) is 15.6 Å². The quantitative estimate of drug-likeness (QED) is 0.780. The Kier molecular flexibility index (Phi) is 5.38. The average molecular weight is 373 g/mol. The lowest BCUT2D eigenvalue weighted by atomic mass is 10.1. The van der Waals surface area contributed by atoms with Gasteiger partial charge in [-0.25, -0.2) is 9.78 Å². The number of pyridine rings is 1. The number of nitrogens with zero attached hydrogens (tertiary/aromatic N) is 3. The fraction of sp³-hybridized carbons (Fsp3) is 0.500. The fourth-order valence-electron chi connectivity index (χ4n) is 3.39. The highest BCUT2D eigenvalue weighted by Crippen LogP contribution is 2.24. The summed E-state index contributed by atoms with van der Waals surface area (Å²) in [5, 5.41) is 5.71. The van der Waals surface area contributed by atoms with E-state index in [-0.39, 0.29) is 41.7 Å². The Morgan fingerprint density at radius 2 is 1.89 bits per heavy atom. The molecule has 0 radical (unpaired) electrons. The second-order valence-electron chi connectivity index (χ2n) is 6.87. The number of carbonyl (C=O) groups is 2. The average Bonchev–Trinajstić information content (AvgIpc) is 3.19. The zero-order chi connectivity index (χ0) is 19.6. The molecule has 9 nitrogen and oxygen atoms in total. The molecule has 2 heterocycles. The van der Waals surface area contributed by atoms with E-state index in [4.69, 9.17) is 0 Å². The van der Waals surface area contributed by atoms with Crippen LogP contribution in [0.4, 0.5) is 5.69 Å². The molecule has 9 heteroatoms. The summed E-state index contributed by atoms with van der Waals surface area (Å²) in [4.78, 5) is 52.3. The predicted octanol–water partition coefficient (Wildman–Crippen LogP) is 0.267. The standard InChI is InChI=1S/C18H23N5O4/c1-22-15-13(17(26)23(2)18(22)27)9-12(10-20-15)21-14(24)7-8-19-16(25)11-5-3-4-6-11/h9-11H,3-8H2,1-2H3,(H,19,25)(H,21,24). The van der Waals surface area contributed by atoms with Crippen molar-refractivity contribution in [1.82, 2.24) is 19.4 Å². The molecule has 1 fully saturated rings. The molecule has 0 bridgehead atoms. The van der Waals surface area contributed by atoms with Gasteiger partial charge in [0.1, 0.15) is 5.65 Å². The van der Waals surface area contributed by atoms with Crippen molar-refractivity contribution in [2.75, 3.05) is 11.9 Å². The third-order valence-electron chi connectivity index (χ3n) is 4.95. The summed E-state index contributed by atoms with van der Waals surface area (Å²) in [6.07, 6.45) is 5.52. The van der Waals surface area contributed by atoms with Crippen LogP contribution in [-0.4, -0.2) is 32.5 Å². The number of amides is 2. The zero-order valence-corrected chi connectivity index (χ0v) is 15.4. The first-order valence-electron chi connectivity index (χ1n) is 9.02. The first-order valence-corrected chi connectivity index (χ1v) is 9.02. The van der Waals surface area contributed by atoms with Crippen LogP contribution in [0.25, 0.3) is 11.0 Å². The van der Waals surface area contributed by atoms with Gasteiger partial charge in [0, 0.05) is 33.0 Å². The van der Waals surface area contributed by atoms with Gasteiger partial charge in [-0.15, -0.1) is 0 Å². The second kappa shape index (κ2) is 7.73. The van der Waals surface area contributed by atoms with Gasteiger partial charge in [-0.1, -0.05) is 12.8 Å². The van der Waals surface area contributed by atoms with Gasteiger partial charge in [-0.2, -0.15) is 0 Å². The molecular weight excluding hydrogens is 350 g/mol. The SMILES string of the molecule is Cn1c(=O)c2cc(NC(=O)CCNC(=O)C3CCCC3)cnc2n(C)c1=O. The van der Waals surface area contributed by atoms with Gasteiger partial charge in [0.15, 0.2) is 0 Å². The highest BCUT2D eigenvalue weighted by Gasteiger charge is 2.22. The molecule has 0 aliphatic heterocycles. The molecule has 1 aliphatic carbocycles. The van der Waals surface area contributed by atoms with E-state index in [1.165, 1.54) is 30.9 Å². The normalized spacial score (nSPS) is 14.4. The summed E-state index contributed by atoms with van der Waals surface area (Å²) < 4.78 is 2.27. The lowest BCUT2D eigenvalue weighted by Crippen LogP contribution is -2.37. The Morgan fingerprint density at radius 1 is 1.19 bits per heavy atom. The first kappa shape index (κ1) is 18.8.